The van der Waals surface area contributed by atoms with Gasteiger partial charge in [0.2, 0.25) is 0 Å². The Morgan fingerprint density at radius 1 is 1.22 bits per heavy atom. The van der Waals surface area contributed by atoms with Crippen molar-refractivity contribution in [2.45, 2.75) is 19.8 Å². The molecule has 2 aromatic heterocycles. The summed E-state index contributed by atoms with van der Waals surface area (Å²) in [4.78, 5) is 19.5. The molecule has 0 aliphatic heterocycles. The Labute approximate surface area is 103 Å². The zero-order chi connectivity index (χ0) is 12.7. The molecule has 18 heavy (non-hydrogen) atoms. The predicted octanol–water partition coefficient (Wildman–Crippen LogP) is 2.86. The molecule has 0 radical (unpaired) electrons. The van der Waals surface area contributed by atoms with Crippen LogP contribution in [0, 0.1) is 0 Å². The lowest BCUT2D eigenvalue weighted by Crippen LogP contribution is -2.09. The molecule has 3 aromatic rings. The van der Waals surface area contributed by atoms with Gasteiger partial charge < -0.3 is 4.42 Å². The Morgan fingerprint density at radius 2 is 2.06 bits per heavy atom. The first-order valence-corrected chi connectivity index (χ1v) is 5.83. The van der Waals surface area contributed by atoms with Crippen molar-refractivity contribution in [3.05, 3.63) is 46.8 Å². The lowest BCUT2D eigenvalue weighted by molar-refractivity contribution is 0.523. The Kier molecular flexibility index (Phi) is 2.37. The Hall–Kier alpha value is -2.23. The van der Waals surface area contributed by atoms with Crippen molar-refractivity contribution < 1.29 is 4.42 Å². The highest BCUT2D eigenvalue weighted by Gasteiger charge is 2.11. The molecule has 0 saturated heterocycles. The second-order valence-corrected chi connectivity index (χ2v) is 4.59. The summed E-state index contributed by atoms with van der Waals surface area (Å²) in [7, 11) is 0. The van der Waals surface area contributed by atoms with Crippen molar-refractivity contribution in [1.29, 1.82) is 0 Å². The maximum atomic E-state index is 11.5. The maximum absolute atomic E-state index is 11.5. The first-order valence-electron chi connectivity index (χ1n) is 5.83. The summed E-state index contributed by atoms with van der Waals surface area (Å²) in [6, 6.07) is 5.73. The van der Waals surface area contributed by atoms with Gasteiger partial charge in [-0.05, 0) is 29.5 Å². The van der Waals surface area contributed by atoms with Crippen molar-refractivity contribution in [2.24, 2.45) is 0 Å². The van der Waals surface area contributed by atoms with Crippen LogP contribution in [-0.4, -0.2) is 9.97 Å². The molecule has 4 nitrogen and oxygen atoms in total. The van der Waals surface area contributed by atoms with Gasteiger partial charge in [0, 0.05) is 23.2 Å². The topological polar surface area (TPSA) is 56.0 Å². The number of fused-ring (bicyclic) bond motifs is 2. The van der Waals surface area contributed by atoms with E-state index in [1.165, 1.54) is 0 Å². The summed E-state index contributed by atoms with van der Waals surface area (Å²) in [5.74, 6) is -0.370. The lowest BCUT2D eigenvalue weighted by atomic mass is 10.0. The minimum atomic E-state index is -0.542. The van der Waals surface area contributed by atoms with Crippen LogP contribution in [0.1, 0.15) is 25.5 Å². The van der Waals surface area contributed by atoms with Crippen LogP contribution in [-0.2, 0) is 0 Å². The van der Waals surface area contributed by atoms with Crippen molar-refractivity contribution in [2.75, 3.05) is 0 Å². The average Bonchev–Trinajstić information content (AvgIpc) is 2.35. The van der Waals surface area contributed by atoms with Crippen LogP contribution in [0.15, 0.2) is 39.8 Å². The van der Waals surface area contributed by atoms with Gasteiger partial charge in [-0.1, -0.05) is 13.8 Å². The van der Waals surface area contributed by atoms with Gasteiger partial charge in [0.05, 0.1) is 5.69 Å². The summed E-state index contributed by atoms with van der Waals surface area (Å²) in [5.41, 5.74) is 1.35. The minimum absolute atomic E-state index is 0.172. The van der Waals surface area contributed by atoms with E-state index in [0.717, 1.165) is 21.9 Å². The van der Waals surface area contributed by atoms with Crippen molar-refractivity contribution in [1.82, 2.24) is 9.97 Å². The lowest BCUT2D eigenvalue weighted by Gasteiger charge is -2.08. The largest absolute Gasteiger partial charge is 0.439 e. The van der Waals surface area contributed by atoms with Gasteiger partial charge in [0.15, 0.2) is 0 Å². The molecule has 3 rings (SSSR count). The molecule has 0 aliphatic carbocycles. The summed E-state index contributed by atoms with van der Waals surface area (Å²) < 4.78 is 5.17. The molecule has 0 fully saturated rings. The van der Waals surface area contributed by atoms with Gasteiger partial charge >= 0.3 is 5.76 Å². The van der Waals surface area contributed by atoms with Crippen LogP contribution in [0.4, 0.5) is 0 Å². The third-order valence-corrected chi connectivity index (χ3v) is 2.97. The van der Waals surface area contributed by atoms with Gasteiger partial charge in [-0.3, -0.25) is 4.98 Å². The molecular weight excluding hydrogens is 228 g/mol. The molecule has 4 heteroatoms. The van der Waals surface area contributed by atoms with E-state index in [9.17, 15) is 4.79 Å². The second-order valence-electron chi connectivity index (χ2n) is 4.59. The fourth-order valence-electron chi connectivity index (χ4n) is 2.12. The Balaban J connectivity index is 2.49. The van der Waals surface area contributed by atoms with Crippen LogP contribution in [0.3, 0.4) is 0 Å². The molecular formula is C14H12N2O2. The fourth-order valence-corrected chi connectivity index (χ4v) is 2.12. The van der Waals surface area contributed by atoms with Crippen LogP contribution >= 0.6 is 0 Å². The molecule has 0 N–H and O–H groups in total. The summed E-state index contributed by atoms with van der Waals surface area (Å²) in [6.45, 7) is 4.02. The minimum Gasteiger partial charge on any atom is -0.408 e. The molecule has 0 atom stereocenters. The smallest absolute Gasteiger partial charge is 0.408 e. The van der Waals surface area contributed by atoms with Crippen LogP contribution < -0.4 is 5.76 Å². The highest BCUT2D eigenvalue weighted by molar-refractivity contribution is 5.96. The third-order valence-electron chi connectivity index (χ3n) is 2.97. The molecule has 0 unspecified atom stereocenters. The van der Waals surface area contributed by atoms with E-state index >= 15 is 0 Å². The summed E-state index contributed by atoms with van der Waals surface area (Å²) in [5, 5.41) is 2.90. The monoisotopic (exact) mass is 240 g/mol. The average molecular weight is 240 g/mol. The number of hydrogen-bond donors (Lipinski definition) is 0. The SMILES string of the molecule is CC(C)c1nc(=O)oc2cc3ccncc3cc12. The number of aromatic nitrogens is 2. The molecule has 0 amide bonds. The molecule has 0 saturated carbocycles. The highest BCUT2D eigenvalue weighted by atomic mass is 16.4. The highest BCUT2D eigenvalue weighted by Crippen LogP contribution is 2.26. The first kappa shape index (κ1) is 10.9. The molecule has 2 heterocycles. The van der Waals surface area contributed by atoms with Crippen LogP contribution in [0.25, 0.3) is 21.7 Å². The first-order chi connectivity index (χ1) is 8.65. The van der Waals surface area contributed by atoms with Gasteiger partial charge in [0.25, 0.3) is 0 Å². The normalized spacial score (nSPS) is 11.5. The number of benzene rings is 1. The van der Waals surface area contributed by atoms with E-state index in [0.29, 0.717) is 5.58 Å². The van der Waals surface area contributed by atoms with Crippen molar-refractivity contribution >= 4 is 21.7 Å². The van der Waals surface area contributed by atoms with Crippen molar-refractivity contribution in [3.8, 4) is 0 Å². The predicted molar refractivity (Wildman–Crippen MR) is 69.7 cm³/mol. The van der Waals surface area contributed by atoms with Crippen LogP contribution in [0.5, 0.6) is 0 Å². The quantitative estimate of drug-likeness (QED) is 0.614. The van der Waals surface area contributed by atoms with Gasteiger partial charge in [-0.2, -0.15) is 4.98 Å². The van der Waals surface area contributed by atoms with E-state index in [1.807, 2.05) is 32.0 Å². The van der Waals surface area contributed by atoms with E-state index in [1.54, 1.807) is 12.4 Å². The summed E-state index contributed by atoms with van der Waals surface area (Å²) in [6.07, 6.45) is 3.51. The zero-order valence-corrected chi connectivity index (χ0v) is 10.2. The van der Waals surface area contributed by atoms with Crippen molar-refractivity contribution in [3.63, 3.8) is 0 Å². The van der Waals surface area contributed by atoms with E-state index in [-0.39, 0.29) is 5.92 Å². The second kappa shape index (κ2) is 3.91. The number of nitrogens with zero attached hydrogens (tertiary/aromatic N) is 2. The molecule has 90 valence electrons. The fraction of sp³-hybridized carbons (Fsp3) is 0.214. The van der Waals surface area contributed by atoms with Gasteiger partial charge in [-0.25, -0.2) is 4.79 Å². The molecule has 1 aromatic carbocycles. The molecule has 0 aliphatic rings. The Morgan fingerprint density at radius 3 is 2.83 bits per heavy atom. The number of rotatable bonds is 1. The number of hydrogen-bond acceptors (Lipinski definition) is 4. The third kappa shape index (κ3) is 1.66. The van der Waals surface area contributed by atoms with Gasteiger partial charge in [-0.15, -0.1) is 0 Å². The van der Waals surface area contributed by atoms with E-state index in [4.69, 9.17) is 4.42 Å². The summed E-state index contributed by atoms with van der Waals surface area (Å²) >= 11 is 0. The molecule has 0 bridgehead atoms. The zero-order valence-electron chi connectivity index (χ0n) is 10.2. The van der Waals surface area contributed by atoms with Crippen LogP contribution in [0.2, 0.25) is 0 Å². The molecule has 0 spiro atoms. The Bertz CT molecular complexity index is 791. The number of pyridine rings is 1. The maximum Gasteiger partial charge on any atom is 0.439 e. The van der Waals surface area contributed by atoms with E-state index in [2.05, 4.69) is 9.97 Å². The van der Waals surface area contributed by atoms with E-state index < -0.39 is 5.76 Å². The van der Waals surface area contributed by atoms with Gasteiger partial charge in [0.1, 0.15) is 5.58 Å². The standard InChI is InChI=1S/C14H12N2O2/c1-8(2)13-11-5-10-7-15-4-3-9(10)6-12(11)18-14(17)16-13/h3-8H,1-2H3.